The standard InChI is InChI=1S/C15H19N3O/c1-4-16-8-13-9-17-10-15(18-13)19-14-7-5-6-11(2)12(14)3/h5-7,9-10,16H,4,8H2,1-3H3. The smallest absolute Gasteiger partial charge is 0.238 e. The first-order chi connectivity index (χ1) is 9.20. The summed E-state index contributed by atoms with van der Waals surface area (Å²) >= 11 is 0. The lowest BCUT2D eigenvalue weighted by atomic mass is 10.1. The maximum Gasteiger partial charge on any atom is 0.238 e. The molecule has 0 unspecified atom stereocenters. The third-order valence-electron chi connectivity index (χ3n) is 2.99. The number of rotatable bonds is 5. The molecule has 0 bridgehead atoms. The van der Waals surface area contributed by atoms with Gasteiger partial charge < -0.3 is 10.1 Å². The van der Waals surface area contributed by atoms with Crippen LogP contribution < -0.4 is 10.1 Å². The van der Waals surface area contributed by atoms with Crippen LogP contribution in [0, 0.1) is 13.8 Å². The summed E-state index contributed by atoms with van der Waals surface area (Å²) < 4.78 is 5.81. The predicted molar refractivity (Wildman–Crippen MR) is 75.4 cm³/mol. The van der Waals surface area contributed by atoms with E-state index in [0.29, 0.717) is 12.4 Å². The minimum Gasteiger partial charge on any atom is -0.437 e. The summed E-state index contributed by atoms with van der Waals surface area (Å²) in [5.74, 6) is 1.36. The lowest BCUT2D eigenvalue weighted by molar-refractivity contribution is 0.452. The van der Waals surface area contributed by atoms with Gasteiger partial charge in [-0.05, 0) is 37.6 Å². The van der Waals surface area contributed by atoms with Crippen LogP contribution in [0.15, 0.2) is 30.6 Å². The Bertz CT molecular complexity index is 555. The summed E-state index contributed by atoms with van der Waals surface area (Å²) in [4.78, 5) is 8.59. The van der Waals surface area contributed by atoms with E-state index in [4.69, 9.17) is 4.74 Å². The van der Waals surface area contributed by atoms with Crippen LogP contribution in [0.4, 0.5) is 0 Å². The zero-order valence-electron chi connectivity index (χ0n) is 11.6. The Morgan fingerprint density at radius 2 is 2.05 bits per heavy atom. The molecule has 2 rings (SSSR count). The van der Waals surface area contributed by atoms with E-state index in [2.05, 4.69) is 35.2 Å². The molecule has 2 aromatic rings. The summed E-state index contributed by atoms with van der Waals surface area (Å²) in [6.07, 6.45) is 3.38. The summed E-state index contributed by atoms with van der Waals surface area (Å²) in [6.45, 7) is 7.77. The van der Waals surface area contributed by atoms with Crippen LogP contribution >= 0.6 is 0 Å². The van der Waals surface area contributed by atoms with E-state index in [1.807, 2.05) is 19.1 Å². The molecule has 0 aliphatic heterocycles. The molecule has 1 N–H and O–H groups in total. The van der Waals surface area contributed by atoms with Gasteiger partial charge in [0, 0.05) is 12.7 Å². The fourth-order valence-corrected chi connectivity index (χ4v) is 1.72. The van der Waals surface area contributed by atoms with E-state index in [1.165, 1.54) is 5.56 Å². The van der Waals surface area contributed by atoms with Gasteiger partial charge in [0.25, 0.3) is 0 Å². The second-order valence-corrected chi connectivity index (χ2v) is 4.43. The van der Waals surface area contributed by atoms with Gasteiger partial charge in [-0.1, -0.05) is 19.1 Å². The minimum absolute atomic E-state index is 0.532. The molecule has 4 heteroatoms. The Labute approximate surface area is 113 Å². The summed E-state index contributed by atoms with van der Waals surface area (Å²) in [7, 11) is 0. The van der Waals surface area contributed by atoms with Gasteiger partial charge in [0.05, 0.1) is 11.9 Å². The van der Waals surface area contributed by atoms with E-state index in [0.717, 1.165) is 23.6 Å². The van der Waals surface area contributed by atoms with Crippen LogP contribution in [0.2, 0.25) is 0 Å². The van der Waals surface area contributed by atoms with Gasteiger partial charge in [-0.15, -0.1) is 0 Å². The van der Waals surface area contributed by atoms with Crippen molar-refractivity contribution in [1.29, 1.82) is 0 Å². The van der Waals surface area contributed by atoms with Crippen molar-refractivity contribution < 1.29 is 4.74 Å². The monoisotopic (exact) mass is 257 g/mol. The highest BCUT2D eigenvalue weighted by molar-refractivity contribution is 5.40. The molecule has 0 amide bonds. The highest BCUT2D eigenvalue weighted by Gasteiger charge is 2.05. The van der Waals surface area contributed by atoms with Gasteiger partial charge in [-0.3, -0.25) is 4.98 Å². The second-order valence-electron chi connectivity index (χ2n) is 4.43. The molecule has 0 saturated heterocycles. The molecule has 0 aliphatic rings. The molecule has 0 radical (unpaired) electrons. The molecule has 19 heavy (non-hydrogen) atoms. The number of hydrogen-bond acceptors (Lipinski definition) is 4. The number of aryl methyl sites for hydroxylation is 1. The Hall–Kier alpha value is -1.94. The van der Waals surface area contributed by atoms with Crippen molar-refractivity contribution in [2.75, 3.05) is 6.54 Å². The van der Waals surface area contributed by atoms with Gasteiger partial charge in [0.2, 0.25) is 5.88 Å². The van der Waals surface area contributed by atoms with Crippen LogP contribution in [0.3, 0.4) is 0 Å². The predicted octanol–water partition coefficient (Wildman–Crippen LogP) is 3.00. The minimum atomic E-state index is 0.532. The molecular formula is C15H19N3O. The molecule has 0 aliphatic carbocycles. The number of aromatic nitrogens is 2. The maximum absolute atomic E-state index is 5.81. The largest absolute Gasteiger partial charge is 0.437 e. The van der Waals surface area contributed by atoms with Crippen molar-refractivity contribution in [2.24, 2.45) is 0 Å². The molecule has 0 spiro atoms. The SMILES string of the molecule is CCNCc1cncc(Oc2cccc(C)c2C)n1. The van der Waals surface area contributed by atoms with E-state index >= 15 is 0 Å². The fraction of sp³-hybridized carbons (Fsp3) is 0.333. The second kappa shape index (κ2) is 6.29. The molecule has 0 fully saturated rings. The molecular weight excluding hydrogens is 238 g/mol. The van der Waals surface area contributed by atoms with Crippen molar-refractivity contribution >= 4 is 0 Å². The number of benzene rings is 1. The summed E-state index contributed by atoms with van der Waals surface area (Å²) in [5.41, 5.74) is 3.21. The van der Waals surface area contributed by atoms with Gasteiger partial charge in [0.15, 0.2) is 0 Å². The van der Waals surface area contributed by atoms with Crippen molar-refractivity contribution in [2.45, 2.75) is 27.3 Å². The summed E-state index contributed by atoms with van der Waals surface area (Å²) in [6, 6.07) is 5.99. The van der Waals surface area contributed by atoms with Gasteiger partial charge in [-0.25, -0.2) is 4.98 Å². The molecule has 4 nitrogen and oxygen atoms in total. The van der Waals surface area contributed by atoms with Crippen molar-refractivity contribution in [3.63, 3.8) is 0 Å². The molecule has 1 aromatic heterocycles. The molecule has 0 atom stereocenters. The zero-order chi connectivity index (χ0) is 13.7. The van der Waals surface area contributed by atoms with Crippen LogP contribution in [0.5, 0.6) is 11.6 Å². The van der Waals surface area contributed by atoms with E-state index in [9.17, 15) is 0 Å². The highest BCUT2D eigenvalue weighted by Crippen LogP contribution is 2.25. The first-order valence-electron chi connectivity index (χ1n) is 6.46. The van der Waals surface area contributed by atoms with Crippen LogP contribution in [-0.2, 0) is 6.54 Å². The maximum atomic E-state index is 5.81. The lowest BCUT2D eigenvalue weighted by Gasteiger charge is -2.10. The Kier molecular flexibility index (Phi) is 4.47. The molecule has 1 heterocycles. The number of nitrogens with one attached hydrogen (secondary N) is 1. The number of nitrogens with zero attached hydrogens (tertiary/aromatic N) is 2. The number of ether oxygens (including phenoxy) is 1. The Morgan fingerprint density at radius 3 is 2.84 bits per heavy atom. The molecule has 1 aromatic carbocycles. The van der Waals surface area contributed by atoms with E-state index in [1.54, 1.807) is 12.4 Å². The highest BCUT2D eigenvalue weighted by atomic mass is 16.5. The van der Waals surface area contributed by atoms with Crippen molar-refractivity contribution in [1.82, 2.24) is 15.3 Å². The van der Waals surface area contributed by atoms with Crippen LogP contribution in [-0.4, -0.2) is 16.5 Å². The van der Waals surface area contributed by atoms with E-state index < -0.39 is 0 Å². The molecule has 100 valence electrons. The Morgan fingerprint density at radius 1 is 1.21 bits per heavy atom. The summed E-state index contributed by atoms with van der Waals surface area (Å²) in [5, 5.41) is 3.22. The van der Waals surface area contributed by atoms with Crippen LogP contribution in [0.25, 0.3) is 0 Å². The first kappa shape index (κ1) is 13.5. The zero-order valence-corrected chi connectivity index (χ0v) is 11.6. The fourth-order valence-electron chi connectivity index (χ4n) is 1.72. The van der Waals surface area contributed by atoms with Crippen molar-refractivity contribution in [3.8, 4) is 11.6 Å². The van der Waals surface area contributed by atoms with Gasteiger partial charge in [-0.2, -0.15) is 0 Å². The van der Waals surface area contributed by atoms with Crippen LogP contribution in [0.1, 0.15) is 23.7 Å². The normalized spacial score (nSPS) is 10.5. The Balaban J connectivity index is 2.16. The average Bonchev–Trinajstić information content (AvgIpc) is 2.42. The third kappa shape index (κ3) is 3.51. The van der Waals surface area contributed by atoms with E-state index in [-0.39, 0.29) is 0 Å². The average molecular weight is 257 g/mol. The van der Waals surface area contributed by atoms with Gasteiger partial charge in [0.1, 0.15) is 5.75 Å². The third-order valence-corrected chi connectivity index (χ3v) is 2.99. The van der Waals surface area contributed by atoms with Crippen molar-refractivity contribution in [3.05, 3.63) is 47.4 Å². The first-order valence-corrected chi connectivity index (χ1v) is 6.46. The quantitative estimate of drug-likeness (QED) is 0.894. The van der Waals surface area contributed by atoms with Gasteiger partial charge >= 0.3 is 0 Å². The number of hydrogen-bond donors (Lipinski definition) is 1. The topological polar surface area (TPSA) is 47.0 Å². The lowest BCUT2D eigenvalue weighted by Crippen LogP contribution is -2.13. The molecule has 0 saturated carbocycles.